The lowest BCUT2D eigenvalue weighted by molar-refractivity contribution is -0.139. The second-order valence-corrected chi connectivity index (χ2v) is 5.11. The van der Waals surface area contributed by atoms with Crippen molar-refractivity contribution in [3.63, 3.8) is 0 Å². The highest BCUT2D eigenvalue weighted by Crippen LogP contribution is 2.05. The van der Waals surface area contributed by atoms with Gasteiger partial charge in [-0.15, -0.1) is 0 Å². The summed E-state index contributed by atoms with van der Waals surface area (Å²) < 4.78 is 0. The maximum absolute atomic E-state index is 11.8. The first-order valence-electron chi connectivity index (χ1n) is 6.09. The fraction of sp³-hybridized carbons (Fsp3) is 0.750. The SMILES string of the molecule is CC(C)CC(NC(=O)N(C)CC(=O)N(C)C)C(=O)O. The van der Waals surface area contributed by atoms with E-state index < -0.39 is 18.0 Å². The minimum atomic E-state index is -1.07. The van der Waals surface area contributed by atoms with Crippen LogP contribution in [0.15, 0.2) is 0 Å². The molecule has 0 rings (SSSR count). The van der Waals surface area contributed by atoms with Crippen LogP contribution in [0.5, 0.6) is 0 Å². The van der Waals surface area contributed by atoms with Gasteiger partial charge in [0.05, 0.1) is 0 Å². The normalized spacial score (nSPS) is 11.9. The van der Waals surface area contributed by atoms with Crippen molar-refractivity contribution in [1.29, 1.82) is 0 Å². The summed E-state index contributed by atoms with van der Waals surface area (Å²) in [6.45, 7) is 3.66. The highest BCUT2D eigenvalue weighted by atomic mass is 16.4. The van der Waals surface area contributed by atoms with Crippen LogP contribution in [0.1, 0.15) is 20.3 Å². The monoisotopic (exact) mass is 273 g/mol. The van der Waals surface area contributed by atoms with E-state index in [1.165, 1.54) is 16.8 Å². The molecule has 0 heterocycles. The van der Waals surface area contributed by atoms with Gasteiger partial charge in [-0.05, 0) is 12.3 Å². The molecule has 110 valence electrons. The number of carboxylic acid groups (broad SMARTS) is 1. The molecular weight excluding hydrogens is 250 g/mol. The molecule has 0 aromatic heterocycles. The van der Waals surface area contributed by atoms with Gasteiger partial charge in [0, 0.05) is 21.1 Å². The molecule has 19 heavy (non-hydrogen) atoms. The first-order chi connectivity index (χ1) is 8.65. The van der Waals surface area contributed by atoms with Gasteiger partial charge in [-0.25, -0.2) is 9.59 Å². The summed E-state index contributed by atoms with van der Waals surface area (Å²) >= 11 is 0. The van der Waals surface area contributed by atoms with Crippen molar-refractivity contribution in [3.8, 4) is 0 Å². The Kier molecular flexibility index (Phi) is 6.89. The highest BCUT2D eigenvalue weighted by Gasteiger charge is 2.23. The number of carbonyl (C=O) groups is 3. The van der Waals surface area contributed by atoms with Crippen LogP contribution in [0.3, 0.4) is 0 Å². The Morgan fingerprint density at radius 1 is 1.16 bits per heavy atom. The zero-order valence-electron chi connectivity index (χ0n) is 12.1. The van der Waals surface area contributed by atoms with Crippen LogP contribution in [0.25, 0.3) is 0 Å². The third-order valence-electron chi connectivity index (χ3n) is 2.52. The molecule has 0 saturated carbocycles. The fourth-order valence-corrected chi connectivity index (χ4v) is 1.37. The van der Waals surface area contributed by atoms with Gasteiger partial charge < -0.3 is 20.2 Å². The van der Waals surface area contributed by atoms with Crippen molar-refractivity contribution in [2.24, 2.45) is 5.92 Å². The molecule has 0 spiro atoms. The lowest BCUT2D eigenvalue weighted by atomic mass is 10.0. The van der Waals surface area contributed by atoms with Crippen LogP contribution in [-0.2, 0) is 9.59 Å². The van der Waals surface area contributed by atoms with Gasteiger partial charge in [-0.1, -0.05) is 13.8 Å². The Morgan fingerprint density at radius 2 is 1.68 bits per heavy atom. The average Bonchev–Trinajstić information content (AvgIpc) is 2.26. The Bertz CT molecular complexity index is 342. The van der Waals surface area contributed by atoms with Gasteiger partial charge in [0.1, 0.15) is 12.6 Å². The molecule has 7 heteroatoms. The largest absolute Gasteiger partial charge is 0.480 e. The van der Waals surface area contributed by atoms with Gasteiger partial charge >= 0.3 is 12.0 Å². The van der Waals surface area contributed by atoms with E-state index in [1.54, 1.807) is 14.1 Å². The first-order valence-corrected chi connectivity index (χ1v) is 6.09. The quantitative estimate of drug-likeness (QED) is 0.724. The lowest BCUT2D eigenvalue weighted by Crippen LogP contribution is -2.49. The zero-order chi connectivity index (χ0) is 15.2. The minimum Gasteiger partial charge on any atom is -0.480 e. The number of amides is 3. The Balaban J connectivity index is 4.47. The summed E-state index contributed by atoms with van der Waals surface area (Å²) in [7, 11) is 4.63. The number of likely N-dealkylation sites (N-methyl/N-ethyl adjacent to an activating group) is 2. The van der Waals surface area contributed by atoms with E-state index in [4.69, 9.17) is 5.11 Å². The molecule has 7 nitrogen and oxygen atoms in total. The molecule has 1 atom stereocenters. The minimum absolute atomic E-state index is 0.0904. The molecule has 0 aromatic carbocycles. The highest BCUT2D eigenvalue weighted by molar-refractivity contribution is 5.86. The summed E-state index contributed by atoms with van der Waals surface area (Å²) in [4.78, 5) is 36.8. The van der Waals surface area contributed by atoms with E-state index in [9.17, 15) is 14.4 Å². The Labute approximate surface area is 113 Å². The van der Waals surface area contributed by atoms with Crippen LogP contribution in [0, 0.1) is 5.92 Å². The van der Waals surface area contributed by atoms with Crippen molar-refractivity contribution in [1.82, 2.24) is 15.1 Å². The van der Waals surface area contributed by atoms with E-state index in [0.29, 0.717) is 6.42 Å². The number of aliphatic carboxylic acids is 1. The number of hydrogen-bond donors (Lipinski definition) is 2. The van der Waals surface area contributed by atoms with Crippen molar-refractivity contribution in [2.45, 2.75) is 26.3 Å². The van der Waals surface area contributed by atoms with E-state index in [-0.39, 0.29) is 18.4 Å². The molecule has 0 aliphatic heterocycles. The summed E-state index contributed by atoms with van der Waals surface area (Å²) in [6.07, 6.45) is 0.344. The molecule has 0 aliphatic rings. The topological polar surface area (TPSA) is 90.0 Å². The van der Waals surface area contributed by atoms with E-state index >= 15 is 0 Å². The first kappa shape index (κ1) is 17.2. The molecule has 2 N–H and O–H groups in total. The third-order valence-corrected chi connectivity index (χ3v) is 2.52. The molecular formula is C12H23N3O4. The number of rotatable bonds is 6. The van der Waals surface area contributed by atoms with Gasteiger partial charge in [0.15, 0.2) is 0 Å². The molecule has 0 aromatic rings. The molecule has 0 saturated heterocycles. The molecule has 0 bridgehead atoms. The summed E-state index contributed by atoms with van der Waals surface area (Å²) in [5.41, 5.74) is 0. The predicted molar refractivity (Wildman–Crippen MR) is 70.7 cm³/mol. The number of nitrogens with zero attached hydrogens (tertiary/aromatic N) is 2. The maximum atomic E-state index is 11.8. The number of carbonyl (C=O) groups excluding carboxylic acids is 2. The Morgan fingerprint density at radius 3 is 2.05 bits per heavy atom. The van der Waals surface area contributed by atoms with E-state index in [0.717, 1.165) is 0 Å². The smallest absolute Gasteiger partial charge is 0.326 e. The van der Waals surface area contributed by atoms with Crippen molar-refractivity contribution in [2.75, 3.05) is 27.7 Å². The number of hydrogen-bond acceptors (Lipinski definition) is 3. The van der Waals surface area contributed by atoms with E-state index in [1.807, 2.05) is 13.8 Å². The molecule has 0 fully saturated rings. The molecule has 0 radical (unpaired) electrons. The van der Waals surface area contributed by atoms with Gasteiger partial charge in [0.25, 0.3) is 0 Å². The van der Waals surface area contributed by atoms with E-state index in [2.05, 4.69) is 5.32 Å². The zero-order valence-corrected chi connectivity index (χ0v) is 12.1. The van der Waals surface area contributed by atoms with Gasteiger partial charge in [-0.2, -0.15) is 0 Å². The van der Waals surface area contributed by atoms with Crippen LogP contribution in [-0.4, -0.2) is 66.5 Å². The standard InChI is InChI=1S/C12H23N3O4/c1-8(2)6-9(11(17)18)13-12(19)15(5)7-10(16)14(3)4/h8-9H,6-7H2,1-5H3,(H,13,19)(H,17,18). The van der Waals surface area contributed by atoms with Gasteiger partial charge in [-0.3, -0.25) is 4.79 Å². The van der Waals surface area contributed by atoms with Crippen LogP contribution >= 0.6 is 0 Å². The Hall–Kier alpha value is -1.79. The third kappa shape index (κ3) is 6.64. The molecule has 3 amide bonds. The van der Waals surface area contributed by atoms with Crippen LogP contribution < -0.4 is 5.32 Å². The number of urea groups is 1. The average molecular weight is 273 g/mol. The fourth-order valence-electron chi connectivity index (χ4n) is 1.37. The molecule has 0 aliphatic carbocycles. The van der Waals surface area contributed by atoms with Crippen LogP contribution in [0.4, 0.5) is 4.79 Å². The summed E-state index contributed by atoms with van der Waals surface area (Å²) in [5, 5.41) is 11.4. The lowest BCUT2D eigenvalue weighted by Gasteiger charge is -2.23. The number of nitrogens with one attached hydrogen (secondary N) is 1. The second-order valence-electron chi connectivity index (χ2n) is 5.11. The molecule has 1 unspecified atom stereocenters. The van der Waals surface area contributed by atoms with Crippen LogP contribution in [0.2, 0.25) is 0 Å². The van der Waals surface area contributed by atoms with Crippen molar-refractivity contribution < 1.29 is 19.5 Å². The summed E-state index contributed by atoms with van der Waals surface area (Å²) in [6, 6.07) is -1.51. The summed E-state index contributed by atoms with van der Waals surface area (Å²) in [5.74, 6) is -1.15. The van der Waals surface area contributed by atoms with Crippen molar-refractivity contribution >= 4 is 17.9 Å². The predicted octanol–water partition coefficient (Wildman–Crippen LogP) is 0.215. The maximum Gasteiger partial charge on any atom is 0.326 e. The van der Waals surface area contributed by atoms with Gasteiger partial charge in [0.2, 0.25) is 5.91 Å². The number of carboxylic acids is 1. The second kappa shape index (κ2) is 7.60. The van der Waals surface area contributed by atoms with Crippen molar-refractivity contribution in [3.05, 3.63) is 0 Å².